The van der Waals surface area contributed by atoms with Gasteiger partial charge in [-0.3, -0.25) is 4.84 Å². The number of rotatable bonds is 6. The summed E-state index contributed by atoms with van der Waals surface area (Å²) in [5, 5.41) is 0. The highest BCUT2D eigenvalue weighted by Gasteiger charge is 2.44. The van der Waals surface area contributed by atoms with Crippen molar-refractivity contribution in [2.75, 3.05) is 19.8 Å². The third kappa shape index (κ3) is 3.38. The fourth-order valence-corrected chi connectivity index (χ4v) is 4.45. The van der Waals surface area contributed by atoms with Gasteiger partial charge in [-0.2, -0.15) is 5.48 Å². The molecule has 0 amide bonds. The maximum atomic E-state index is 6.86. The number of hydrogen-bond acceptors (Lipinski definition) is 4. The Morgan fingerprint density at radius 1 is 0.759 bits per heavy atom. The molecule has 3 unspecified atom stereocenters. The number of nitrogens with one attached hydrogen (secondary N) is 1. The molecule has 1 N–H and O–H groups in total. The first kappa shape index (κ1) is 18.5. The van der Waals surface area contributed by atoms with Crippen molar-refractivity contribution in [3.8, 4) is 0 Å². The second kappa shape index (κ2) is 8.09. The molecule has 3 aromatic carbocycles. The van der Waals surface area contributed by atoms with Gasteiger partial charge in [0.15, 0.2) is 0 Å². The van der Waals surface area contributed by atoms with Crippen molar-refractivity contribution in [3.63, 3.8) is 0 Å². The van der Waals surface area contributed by atoms with Gasteiger partial charge in [0.25, 0.3) is 0 Å². The van der Waals surface area contributed by atoms with Gasteiger partial charge in [-0.05, 0) is 16.7 Å². The molecule has 4 nitrogen and oxygen atoms in total. The lowest BCUT2D eigenvalue weighted by Crippen LogP contribution is -2.37. The summed E-state index contributed by atoms with van der Waals surface area (Å²) >= 11 is 0. The molecule has 2 aliphatic rings. The van der Waals surface area contributed by atoms with E-state index in [2.05, 4.69) is 78.3 Å². The maximum Gasteiger partial charge on any atom is 0.143 e. The molecule has 0 radical (unpaired) electrons. The van der Waals surface area contributed by atoms with Crippen LogP contribution < -0.4 is 5.48 Å². The standard InChI is InChI=1S/C25H25NO3/c1-4-10-19(11-5-1)25(20-12-6-2-7-13-20,21-14-8-3-9-15-21)28-18-24-22-16-27-17-23(22)26-29-24/h1-15,22-24,26H,16-18H2. The van der Waals surface area contributed by atoms with Crippen LogP contribution in [0.15, 0.2) is 91.0 Å². The van der Waals surface area contributed by atoms with Crippen LogP contribution in [-0.2, 0) is 19.9 Å². The average molecular weight is 387 g/mol. The number of ether oxygens (including phenoxy) is 2. The highest BCUT2D eigenvalue weighted by atomic mass is 16.7. The van der Waals surface area contributed by atoms with Gasteiger partial charge in [-0.15, -0.1) is 0 Å². The molecule has 0 saturated carbocycles. The minimum atomic E-state index is -0.718. The van der Waals surface area contributed by atoms with Gasteiger partial charge in [-0.25, -0.2) is 0 Å². The number of benzene rings is 3. The Morgan fingerprint density at radius 2 is 1.28 bits per heavy atom. The molecule has 29 heavy (non-hydrogen) atoms. The third-order valence-electron chi connectivity index (χ3n) is 5.98. The van der Waals surface area contributed by atoms with E-state index in [1.165, 1.54) is 0 Å². The maximum absolute atomic E-state index is 6.86. The molecule has 0 spiro atoms. The van der Waals surface area contributed by atoms with Crippen LogP contribution in [0.1, 0.15) is 16.7 Å². The molecule has 2 heterocycles. The molecular formula is C25H25NO3. The van der Waals surface area contributed by atoms with Crippen LogP contribution in [-0.4, -0.2) is 32.0 Å². The largest absolute Gasteiger partial charge is 0.379 e. The molecule has 0 aromatic heterocycles. The molecule has 0 aliphatic carbocycles. The van der Waals surface area contributed by atoms with Crippen molar-refractivity contribution in [3.05, 3.63) is 108 Å². The minimum Gasteiger partial charge on any atom is -0.379 e. The van der Waals surface area contributed by atoms with Crippen LogP contribution in [0.2, 0.25) is 0 Å². The topological polar surface area (TPSA) is 39.7 Å². The minimum absolute atomic E-state index is 0.0435. The van der Waals surface area contributed by atoms with Gasteiger partial charge >= 0.3 is 0 Å². The van der Waals surface area contributed by atoms with Crippen LogP contribution in [0.25, 0.3) is 0 Å². The smallest absolute Gasteiger partial charge is 0.143 e. The molecule has 3 aromatic rings. The van der Waals surface area contributed by atoms with E-state index >= 15 is 0 Å². The fourth-order valence-electron chi connectivity index (χ4n) is 4.45. The normalized spacial score (nSPS) is 23.8. The van der Waals surface area contributed by atoms with Gasteiger partial charge in [0.2, 0.25) is 0 Å². The van der Waals surface area contributed by atoms with Crippen LogP contribution in [0.5, 0.6) is 0 Å². The Bertz CT molecular complexity index is 820. The van der Waals surface area contributed by atoms with Crippen molar-refractivity contribution < 1.29 is 14.3 Å². The summed E-state index contributed by atoms with van der Waals surface area (Å²) in [4.78, 5) is 5.87. The molecular weight excluding hydrogens is 362 g/mol. The first-order chi connectivity index (χ1) is 14.4. The monoisotopic (exact) mass is 387 g/mol. The fraction of sp³-hybridized carbons (Fsp3) is 0.280. The summed E-state index contributed by atoms with van der Waals surface area (Å²) in [7, 11) is 0. The van der Waals surface area contributed by atoms with Crippen LogP contribution in [0, 0.1) is 5.92 Å². The third-order valence-corrected chi connectivity index (χ3v) is 5.98. The summed E-state index contributed by atoms with van der Waals surface area (Å²) < 4.78 is 12.5. The van der Waals surface area contributed by atoms with Gasteiger partial charge in [-0.1, -0.05) is 91.0 Å². The molecule has 148 valence electrons. The zero-order chi connectivity index (χ0) is 19.5. The predicted molar refractivity (Wildman–Crippen MR) is 111 cm³/mol. The van der Waals surface area contributed by atoms with Gasteiger partial charge in [0.05, 0.1) is 25.9 Å². The Balaban J connectivity index is 1.58. The summed E-state index contributed by atoms with van der Waals surface area (Å²) in [5.41, 5.74) is 5.70. The molecule has 3 atom stereocenters. The van der Waals surface area contributed by atoms with Crippen molar-refractivity contribution in [2.24, 2.45) is 5.92 Å². The van der Waals surface area contributed by atoms with E-state index in [0.717, 1.165) is 16.7 Å². The molecule has 0 bridgehead atoms. The Labute approximate surface area is 171 Å². The van der Waals surface area contributed by atoms with Gasteiger partial charge in [0.1, 0.15) is 11.7 Å². The van der Waals surface area contributed by atoms with E-state index in [1.807, 2.05) is 18.2 Å². The molecule has 2 fully saturated rings. The highest BCUT2D eigenvalue weighted by Crippen LogP contribution is 2.41. The molecule has 2 saturated heterocycles. The summed E-state index contributed by atoms with van der Waals surface area (Å²) in [5.74, 6) is 0.315. The summed E-state index contributed by atoms with van der Waals surface area (Å²) in [6.07, 6.45) is -0.0435. The van der Waals surface area contributed by atoms with Crippen molar-refractivity contribution >= 4 is 0 Å². The zero-order valence-electron chi connectivity index (χ0n) is 16.2. The summed E-state index contributed by atoms with van der Waals surface area (Å²) in [6.45, 7) is 1.87. The number of fused-ring (bicyclic) bond motifs is 1. The second-order valence-corrected chi connectivity index (χ2v) is 7.67. The Kier molecular flexibility index (Phi) is 5.17. The quantitative estimate of drug-likeness (QED) is 0.651. The van der Waals surface area contributed by atoms with E-state index in [1.54, 1.807) is 0 Å². The number of hydrogen-bond donors (Lipinski definition) is 1. The highest BCUT2D eigenvalue weighted by molar-refractivity contribution is 5.47. The van der Waals surface area contributed by atoms with E-state index in [4.69, 9.17) is 14.3 Å². The second-order valence-electron chi connectivity index (χ2n) is 7.67. The van der Waals surface area contributed by atoms with Gasteiger partial charge in [0, 0.05) is 5.92 Å². The van der Waals surface area contributed by atoms with Crippen molar-refractivity contribution in [1.82, 2.24) is 5.48 Å². The average Bonchev–Trinajstić information content (AvgIpc) is 3.41. The van der Waals surface area contributed by atoms with Crippen LogP contribution in [0.3, 0.4) is 0 Å². The Morgan fingerprint density at radius 3 is 1.79 bits per heavy atom. The van der Waals surface area contributed by atoms with E-state index in [-0.39, 0.29) is 12.1 Å². The molecule has 2 aliphatic heterocycles. The van der Waals surface area contributed by atoms with Crippen LogP contribution in [0.4, 0.5) is 0 Å². The van der Waals surface area contributed by atoms with Crippen LogP contribution >= 0.6 is 0 Å². The summed E-state index contributed by atoms with van der Waals surface area (Å²) in [6, 6.07) is 31.5. The van der Waals surface area contributed by atoms with E-state index < -0.39 is 5.60 Å². The molecule has 5 rings (SSSR count). The Hall–Kier alpha value is -2.50. The molecule has 4 heteroatoms. The van der Waals surface area contributed by atoms with Crippen molar-refractivity contribution in [2.45, 2.75) is 17.7 Å². The zero-order valence-corrected chi connectivity index (χ0v) is 16.2. The van der Waals surface area contributed by atoms with Crippen molar-refractivity contribution in [1.29, 1.82) is 0 Å². The lowest BCUT2D eigenvalue weighted by Gasteiger charge is -2.37. The predicted octanol–water partition coefficient (Wildman–Crippen LogP) is 3.91. The lowest BCUT2D eigenvalue weighted by atomic mass is 9.80. The lowest BCUT2D eigenvalue weighted by molar-refractivity contribution is -0.0850. The first-order valence-corrected chi connectivity index (χ1v) is 10.2. The number of hydroxylamine groups is 1. The van der Waals surface area contributed by atoms with E-state index in [9.17, 15) is 0 Å². The van der Waals surface area contributed by atoms with Gasteiger partial charge < -0.3 is 9.47 Å². The SMILES string of the molecule is c1ccc(C(OCC2ONC3COCC32)(c2ccccc2)c2ccccc2)cc1. The first-order valence-electron chi connectivity index (χ1n) is 10.2. The van der Waals surface area contributed by atoms with E-state index in [0.29, 0.717) is 25.7 Å².